The maximum Gasteiger partial charge on any atom is 0.356 e. The molecule has 0 fully saturated rings. The largest absolute Gasteiger partial charge is 0.464 e. The molecule has 0 saturated carbocycles. The monoisotopic (exact) mass is 246 g/mol. The number of esters is 1. The zero-order valence-electron chi connectivity index (χ0n) is 9.43. The Balaban J connectivity index is 2.94. The van der Waals surface area contributed by atoms with E-state index in [4.69, 9.17) is 0 Å². The number of aromatic nitrogens is 2. The van der Waals surface area contributed by atoms with Crippen molar-refractivity contribution in [3.8, 4) is 0 Å². The molecule has 0 amide bonds. The van der Waals surface area contributed by atoms with Crippen molar-refractivity contribution in [2.75, 3.05) is 19.1 Å². The Bertz CT molecular complexity index is 490. The number of methoxy groups -OCH3 is 1. The number of carbonyl (C=O) groups is 1. The molecule has 6 nitrogen and oxygen atoms in total. The van der Waals surface area contributed by atoms with Crippen molar-refractivity contribution in [3.63, 3.8) is 0 Å². The van der Waals surface area contributed by atoms with Gasteiger partial charge in [-0.15, -0.1) is 0 Å². The molecule has 16 heavy (non-hydrogen) atoms. The van der Waals surface area contributed by atoms with E-state index in [1.807, 2.05) is 0 Å². The van der Waals surface area contributed by atoms with E-state index in [1.54, 1.807) is 6.92 Å². The van der Waals surface area contributed by atoms with E-state index in [0.29, 0.717) is 5.82 Å². The van der Waals surface area contributed by atoms with Crippen molar-refractivity contribution in [2.45, 2.75) is 13.5 Å². The lowest BCUT2D eigenvalue weighted by Crippen LogP contribution is -2.17. The first-order valence-electron chi connectivity index (χ1n) is 4.63. The third-order valence-electron chi connectivity index (χ3n) is 2.14. The average molecular weight is 246 g/mol. The van der Waals surface area contributed by atoms with Crippen molar-refractivity contribution < 1.29 is 17.9 Å². The van der Waals surface area contributed by atoms with E-state index in [1.165, 1.54) is 17.9 Å². The molecule has 0 aliphatic carbocycles. The van der Waals surface area contributed by atoms with Crippen LogP contribution >= 0.6 is 0 Å². The zero-order valence-corrected chi connectivity index (χ0v) is 10.2. The van der Waals surface area contributed by atoms with Crippen LogP contribution in [0.1, 0.15) is 16.3 Å². The second-order valence-electron chi connectivity index (χ2n) is 3.46. The topological polar surface area (TPSA) is 78.3 Å². The molecule has 1 rings (SSSR count). The van der Waals surface area contributed by atoms with Crippen molar-refractivity contribution in [1.29, 1.82) is 0 Å². The summed E-state index contributed by atoms with van der Waals surface area (Å²) >= 11 is 0. The Morgan fingerprint density at radius 1 is 1.56 bits per heavy atom. The van der Waals surface area contributed by atoms with E-state index in [-0.39, 0.29) is 18.0 Å². The molecule has 0 saturated heterocycles. The second-order valence-corrected chi connectivity index (χ2v) is 5.72. The van der Waals surface area contributed by atoms with Gasteiger partial charge in [0.25, 0.3) is 0 Å². The van der Waals surface area contributed by atoms with Crippen LogP contribution in [0.25, 0.3) is 0 Å². The highest BCUT2D eigenvalue weighted by molar-refractivity contribution is 7.90. The smallest absolute Gasteiger partial charge is 0.356 e. The first kappa shape index (κ1) is 12.7. The van der Waals surface area contributed by atoms with Crippen molar-refractivity contribution in [3.05, 3.63) is 17.7 Å². The minimum atomic E-state index is -3.07. The highest BCUT2D eigenvalue weighted by Gasteiger charge is 2.15. The molecule has 0 atom stereocenters. The number of hydrogen-bond donors (Lipinski definition) is 0. The Hall–Kier alpha value is -1.37. The Morgan fingerprint density at radius 3 is 2.69 bits per heavy atom. The van der Waals surface area contributed by atoms with E-state index < -0.39 is 15.8 Å². The van der Waals surface area contributed by atoms with Gasteiger partial charge in [-0.1, -0.05) is 0 Å². The fraction of sp³-hybridized carbons (Fsp3) is 0.556. The SMILES string of the molecule is COC(=O)c1cnc(C)n1CCS(C)(=O)=O. The predicted octanol–water partition coefficient (Wildman–Crippen LogP) is 0.0227. The molecule has 1 aromatic rings. The maximum absolute atomic E-state index is 11.3. The molecule has 0 aliphatic rings. The van der Waals surface area contributed by atoms with Gasteiger partial charge in [0.15, 0.2) is 0 Å². The lowest BCUT2D eigenvalue weighted by molar-refractivity contribution is 0.0588. The first-order valence-corrected chi connectivity index (χ1v) is 6.69. The molecule has 1 heterocycles. The Labute approximate surface area is 94.2 Å². The van der Waals surface area contributed by atoms with Gasteiger partial charge in [-0.3, -0.25) is 0 Å². The average Bonchev–Trinajstić information content (AvgIpc) is 2.54. The molecular weight excluding hydrogens is 232 g/mol. The Kier molecular flexibility index (Phi) is 3.69. The molecule has 0 radical (unpaired) electrons. The normalized spacial score (nSPS) is 11.4. The number of imidazole rings is 1. The fourth-order valence-electron chi connectivity index (χ4n) is 1.28. The molecule has 0 aromatic carbocycles. The van der Waals surface area contributed by atoms with Crippen LogP contribution in [0.3, 0.4) is 0 Å². The van der Waals surface area contributed by atoms with Crippen LogP contribution in [0.15, 0.2) is 6.20 Å². The summed E-state index contributed by atoms with van der Waals surface area (Å²) in [6, 6.07) is 0. The summed E-state index contributed by atoms with van der Waals surface area (Å²) in [5.41, 5.74) is 0.267. The van der Waals surface area contributed by atoms with Gasteiger partial charge in [0.2, 0.25) is 0 Å². The van der Waals surface area contributed by atoms with Gasteiger partial charge in [-0.05, 0) is 6.92 Å². The van der Waals surface area contributed by atoms with Gasteiger partial charge in [0.1, 0.15) is 21.4 Å². The van der Waals surface area contributed by atoms with Gasteiger partial charge in [0.05, 0.1) is 19.1 Å². The molecule has 7 heteroatoms. The van der Waals surface area contributed by atoms with Gasteiger partial charge in [-0.25, -0.2) is 18.2 Å². The molecule has 0 unspecified atom stereocenters. The van der Waals surface area contributed by atoms with E-state index in [2.05, 4.69) is 9.72 Å². The minimum Gasteiger partial charge on any atom is -0.464 e. The van der Waals surface area contributed by atoms with Crippen LogP contribution < -0.4 is 0 Å². The lowest BCUT2D eigenvalue weighted by atomic mass is 10.4. The lowest BCUT2D eigenvalue weighted by Gasteiger charge is -2.07. The molecule has 1 aromatic heterocycles. The summed E-state index contributed by atoms with van der Waals surface area (Å²) in [7, 11) is -1.80. The molecular formula is C9H14N2O4S. The van der Waals surface area contributed by atoms with Gasteiger partial charge < -0.3 is 9.30 Å². The van der Waals surface area contributed by atoms with Crippen LogP contribution in [-0.2, 0) is 21.1 Å². The number of ether oxygens (including phenoxy) is 1. The molecule has 0 N–H and O–H groups in total. The summed E-state index contributed by atoms with van der Waals surface area (Å²) in [6.07, 6.45) is 2.53. The zero-order chi connectivity index (χ0) is 12.3. The third kappa shape index (κ3) is 3.06. The van der Waals surface area contributed by atoms with Crippen LogP contribution in [0.5, 0.6) is 0 Å². The van der Waals surface area contributed by atoms with Gasteiger partial charge in [-0.2, -0.15) is 0 Å². The van der Waals surface area contributed by atoms with Crippen molar-refractivity contribution >= 4 is 15.8 Å². The van der Waals surface area contributed by atoms with Gasteiger partial charge >= 0.3 is 5.97 Å². The molecule has 90 valence electrons. The summed E-state index contributed by atoms with van der Waals surface area (Å²) in [5.74, 6) is 0.0342. The number of sulfone groups is 1. The second kappa shape index (κ2) is 4.65. The number of nitrogens with zero attached hydrogens (tertiary/aromatic N) is 2. The number of carbonyl (C=O) groups excluding carboxylic acids is 1. The van der Waals surface area contributed by atoms with E-state index in [0.717, 1.165) is 6.26 Å². The number of aryl methyl sites for hydroxylation is 1. The quantitative estimate of drug-likeness (QED) is 0.700. The molecule has 0 bridgehead atoms. The third-order valence-corrected chi connectivity index (χ3v) is 3.06. The van der Waals surface area contributed by atoms with Gasteiger partial charge in [0, 0.05) is 12.8 Å². The predicted molar refractivity (Wildman–Crippen MR) is 58.0 cm³/mol. The van der Waals surface area contributed by atoms with Crippen LogP contribution in [0.4, 0.5) is 0 Å². The first-order chi connectivity index (χ1) is 7.35. The van der Waals surface area contributed by atoms with E-state index in [9.17, 15) is 13.2 Å². The Morgan fingerprint density at radius 2 is 2.19 bits per heavy atom. The minimum absolute atomic E-state index is 0.0335. The number of rotatable bonds is 4. The summed E-state index contributed by atoms with van der Waals surface area (Å²) < 4.78 is 28.2. The summed E-state index contributed by atoms with van der Waals surface area (Å²) in [5, 5.41) is 0. The number of hydrogen-bond acceptors (Lipinski definition) is 5. The standard InChI is InChI=1S/C9H14N2O4S/c1-7-10-6-8(9(12)15-2)11(7)4-5-16(3,13)14/h6H,4-5H2,1-3H3. The molecule has 0 spiro atoms. The summed E-state index contributed by atoms with van der Waals surface area (Å²) in [4.78, 5) is 15.3. The van der Waals surface area contributed by atoms with Crippen LogP contribution in [0, 0.1) is 6.92 Å². The van der Waals surface area contributed by atoms with Crippen molar-refractivity contribution in [2.24, 2.45) is 0 Å². The highest BCUT2D eigenvalue weighted by Crippen LogP contribution is 2.06. The fourth-order valence-corrected chi connectivity index (χ4v) is 1.79. The van der Waals surface area contributed by atoms with Crippen molar-refractivity contribution in [1.82, 2.24) is 9.55 Å². The van der Waals surface area contributed by atoms with Crippen LogP contribution in [0.2, 0.25) is 0 Å². The highest BCUT2D eigenvalue weighted by atomic mass is 32.2. The molecule has 0 aliphatic heterocycles. The van der Waals surface area contributed by atoms with E-state index >= 15 is 0 Å². The maximum atomic E-state index is 11.3. The summed E-state index contributed by atoms with van der Waals surface area (Å²) in [6.45, 7) is 1.91. The van der Waals surface area contributed by atoms with Crippen LogP contribution in [-0.4, -0.2) is 43.1 Å².